The van der Waals surface area contributed by atoms with Crippen LogP contribution in [-0.4, -0.2) is 33.7 Å². The molecule has 23 heavy (non-hydrogen) atoms. The van der Waals surface area contributed by atoms with E-state index >= 15 is 0 Å². The molecular formula is C17H20O6. The third kappa shape index (κ3) is 4.95. The Hall–Kier alpha value is -2.63. The highest BCUT2D eigenvalue weighted by molar-refractivity contribution is 5.97. The van der Waals surface area contributed by atoms with Gasteiger partial charge in [-0.1, -0.05) is 12.7 Å². The topological polar surface area (TPSA) is 101 Å². The molecule has 0 aromatic heterocycles. The second-order valence-electron chi connectivity index (χ2n) is 5.95. The van der Waals surface area contributed by atoms with Crippen LogP contribution >= 0.6 is 0 Å². The summed E-state index contributed by atoms with van der Waals surface area (Å²) in [5, 5.41) is 18.5. The molecule has 1 aromatic rings. The Bertz CT molecular complexity index is 652. The first-order chi connectivity index (χ1) is 10.6. The van der Waals surface area contributed by atoms with Gasteiger partial charge in [0.05, 0.1) is 11.1 Å². The van der Waals surface area contributed by atoms with Gasteiger partial charge >= 0.3 is 17.9 Å². The Balaban J connectivity index is 3.19. The van der Waals surface area contributed by atoms with Gasteiger partial charge in [-0.15, -0.1) is 0 Å². The van der Waals surface area contributed by atoms with Crippen LogP contribution in [0, 0.1) is 0 Å². The lowest BCUT2D eigenvalue weighted by Crippen LogP contribution is -2.24. The number of carboxylic acids is 2. The molecule has 0 spiro atoms. The zero-order valence-electron chi connectivity index (χ0n) is 13.4. The van der Waals surface area contributed by atoms with Gasteiger partial charge in [0.1, 0.15) is 5.60 Å². The van der Waals surface area contributed by atoms with Gasteiger partial charge in [0.25, 0.3) is 0 Å². The largest absolute Gasteiger partial charge is 0.478 e. The highest BCUT2D eigenvalue weighted by Gasteiger charge is 2.21. The van der Waals surface area contributed by atoms with Crippen LogP contribution in [0.2, 0.25) is 0 Å². The number of esters is 1. The number of hydrogen-bond acceptors (Lipinski definition) is 4. The molecule has 0 aliphatic heterocycles. The molecule has 0 aliphatic rings. The third-order valence-electron chi connectivity index (χ3n) is 3.02. The minimum Gasteiger partial charge on any atom is -0.478 e. The minimum absolute atomic E-state index is 0.0477. The first-order valence-electron chi connectivity index (χ1n) is 7.03. The fraction of sp³-hybridized carbons (Fsp3) is 0.353. The number of hydrogen-bond donors (Lipinski definition) is 2. The summed E-state index contributed by atoms with van der Waals surface area (Å²) in [7, 11) is 0. The van der Waals surface area contributed by atoms with E-state index in [-0.39, 0.29) is 35.1 Å². The van der Waals surface area contributed by atoms with Crippen molar-refractivity contribution in [3.63, 3.8) is 0 Å². The Kier molecular flexibility index (Phi) is 5.68. The predicted octanol–water partition coefficient (Wildman–Crippen LogP) is 3.00. The van der Waals surface area contributed by atoms with Gasteiger partial charge in [-0.05, 0) is 50.5 Å². The van der Waals surface area contributed by atoms with Gasteiger partial charge in [0, 0.05) is 6.42 Å². The molecule has 0 atom stereocenters. The monoisotopic (exact) mass is 320 g/mol. The molecular weight excluding hydrogens is 300 g/mol. The molecule has 0 saturated heterocycles. The van der Waals surface area contributed by atoms with E-state index in [4.69, 9.17) is 4.74 Å². The van der Waals surface area contributed by atoms with Crippen LogP contribution in [0.5, 0.6) is 0 Å². The molecule has 1 aromatic carbocycles. The summed E-state index contributed by atoms with van der Waals surface area (Å²) in [6.07, 6.45) is 1.29. The smallest absolute Gasteiger partial charge is 0.336 e. The fourth-order valence-electron chi connectivity index (χ4n) is 2.17. The van der Waals surface area contributed by atoms with Gasteiger partial charge in [0.15, 0.2) is 0 Å². The maximum atomic E-state index is 11.8. The van der Waals surface area contributed by atoms with Crippen molar-refractivity contribution in [3.8, 4) is 0 Å². The van der Waals surface area contributed by atoms with Crippen molar-refractivity contribution < 1.29 is 29.3 Å². The summed E-state index contributed by atoms with van der Waals surface area (Å²) in [5.41, 5.74) is -0.270. The van der Waals surface area contributed by atoms with Crippen LogP contribution in [0.25, 0.3) is 6.08 Å². The summed E-state index contributed by atoms with van der Waals surface area (Å²) in [4.78, 5) is 34.4. The molecule has 124 valence electrons. The van der Waals surface area contributed by atoms with Gasteiger partial charge in [-0.2, -0.15) is 0 Å². The Labute approximate surface area is 134 Å². The molecule has 1 rings (SSSR count). The summed E-state index contributed by atoms with van der Waals surface area (Å²) in [6, 6.07) is 2.45. The van der Waals surface area contributed by atoms with Crippen LogP contribution in [0.3, 0.4) is 0 Å². The molecule has 0 amide bonds. The van der Waals surface area contributed by atoms with Crippen molar-refractivity contribution in [2.45, 2.75) is 39.2 Å². The summed E-state index contributed by atoms with van der Waals surface area (Å²) in [5.74, 6) is -2.86. The summed E-state index contributed by atoms with van der Waals surface area (Å²) in [6.45, 7) is 8.74. The zero-order chi connectivity index (χ0) is 17.8. The quantitative estimate of drug-likeness (QED) is 0.781. The first-order valence-corrected chi connectivity index (χ1v) is 7.03. The second kappa shape index (κ2) is 7.09. The predicted molar refractivity (Wildman–Crippen MR) is 84.6 cm³/mol. The number of benzene rings is 1. The van der Waals surface area contributed by atoms with Gasteiger partial charge in [0.2, 0.25) is 0 Å². The Morgan fingerprint density at radius 1 is 1.13 bits per heavy atom. The number of aromatic carboxylic acids is 2. The van der Waals surface area contributed by atoms with Crippen molar-refractivity contribution in [2.24, 2.45) is 0 Å². The first kappa shape index (κ1) is 18.4. The number of carbonyl (C=O) groups excluding carboxylic acids is 1. The molecule has 6 heteroatoms. The van der Waals surface area contributed by atoms with E-state index < -0.39 is 23.5 Å². The van der Waals surface area contributed by atoms with Crippen molar-refractivity contribution in [1.82, 2.24) is 0 Å². The van der Waals surface area contributed by atoms with Crippen molar-refractivity contribution in [3.05, 3.63) is 41.0 Å². The average molecular weight is 320 g/mol. The molecule has 0 aliphatic carbocycles. The van der Waals surface area contributed by atoms with Crippen LogP contribution < -0.4 is 0 Å². The fourth-order valence-corrected chi connectivity index (χ4v) is 2.17. The zero-order valence-corrected chi connectivity index (χ0v) is 13.4. The molecule has 0 unspecified atom stereocenters. The molecule has 0 fully saturated rings. The maximum Gasteiger partial charge on any atom is 0.336 e. The van der Waals surface area contributed by atoms with E-state index in [0.29, 0.717) is 0 Å². The molecule has 0 heterocycles. The van der Waals surface area contributed by atoms with Crippen LogP contribution in [0.4, 0.5) is 0 Å². The summed E-state index contributed by atoms with van der Waals surface area (Å²) >= 11 is 0. The lowest BCUT2D eigenvalue weighted by molar-refractivity contribution is -0.154. The van der Waals surface area contributed by atoms with E-state index in [0.717, 1.165) is 0 Å². The van der Waals surface area contributed by atoms with Crippen LogP contribution in [0.15, 0.2) is 18.7 Å². The van der Waals surface area contributed by atoms with E-state index in [9.17, 15) is 24.6 Å². The third-order valence-corrected chi connectivity index (χ3v) is 3.02. The van der Waals surface area contributed by atoms with E-state index in [1.54, 1.807) is 20.8 Å². The minimum atomic E-state index is -1.19. The number of rotatable bonds is 6. The number of ether oxygens (including phenoxy) is 1. The van der Waals surface area contributed by atoms with Crippen molar-refractivity contribution in [1.29, 1.82) is 0 Å². The molecule has 0 bridgehead atoms. The Morgan fingerprint density at radius 3 is 2.09 bits per heavy atom. The molecule has 2 N–H and O–H groups in total. The second-order valence-corrected chi connectivity index (χ2v) is 5.95. The number of carboxylic acid groups (broad SMARTS) is 2. The lowest BCUT2D eigenvalue weighted by atomic mass is 9.92. The lowest BCUT2D eigenvalue weighted by Gasteiger charge is -2.20. The van der Waals surface area contributed by atoms with E-state index in [2.05, 4.69) is 6.58 Å². The summed E-state index contributed by atoms with van der Waals surface area (Å²) < 4.78 is 5.18. The average Bonchev–Trinajstić information content (AvgIpc) is 2.41. The van der Waals surface area contributed by atoms with Crippen molar-refractivity contribution in [2.75, 3.05) is 0 Å². The van der Waals surface area contributed by atoms with Crippen LogP contribution in [-0.2, 0) is 16.0 Å². The Morgan fingerprint density at radius 2 is 1.65 bits per heavy atom. The van der Waals surface area contributed by atoms with Crippen LogP contribution in [0.1, 0.15) is 59.0 Å². The van der Waals surface area contributed by atoms with Crippen molar-refractivity contribution >= 4 is 24.0 Å². The highest BCUT2D eigenvalue weighted by Crippen LogP contribution is 2.23. The maximum absolute atomic E-state index is 11.8. The molecule has 0 saturated carbocycles. The van der Waals surface area contributed by atoms with E-state index in [1.807, 2.05) is 0 Å². The van der Waals surface area contributed by atoms with Gasteiger partial charge in [-0.3, -0.25) is 4.79 Å². The van der Waals surface area contributed by atoms with Gasteiger partial charge < -0.3 is 14.9 Å². The SMILES string of the molecule is C=Cc1c(C(=O)O)ccc(C(=O)O)c1CCC(=O)OC(C)(C)C. The normalized spacial score (nSPS) is 10.9. The van der Waals surface area contributed by atoms with E-state index in [1.165, 1.54) is 18.2 Å². The molecule has 6 nitrogen and oxygen atoms in total. The highest BCUT2D eigenvalue weighted by atomic mass is 16.6. The van der Waals surface area contributed by atoms with Gasteiger partial charge in [-0.25, -0.2) is 9.59 Å². The number of carbonyl (C=O) groups is 3. The standard InChI is InChI=1S/C17H20O6/c1-5-10-11(8-9-14(18)23-17(2,3)4)13(16(21)22)7-6-12(10)15(19)20/h5-7H,1,8-9H2,2-4H3,(H,19,20)(H,21,22). The molecule has 0 radical (unpaired) electrons.